The molecule has 23 heavy (non-hydrogen) atoms. The summed E-state index contributed by atoms with van der Waals surface area (Å²) in [6, 6.07) is 0. The van der Waals surface area contributed by atoms with Crippen molar-refractivity contribution < 1.29 is 14.3 Å². The van der Waals surface area contributed by atoms with Crippen LogP contribution >= 0.6 is 11.3 Å². The van der Waals surface area contributed by atoms with E-state index < -0.39 is 11.4 Å². The fraction of sp³-hybridized carbons (Fsp3) is 0.500. The summed E-state index contributed by atoms with van der Waals surface area (Å²) < 4.78 is 6.18. The van der Waals surface area contributed by atoms with E-state index >= 15 is 0 Å². The number of rotatable bonds is 4. The van der Waals surface area contributed by atoms with Crippen LogP contribution in [0.2, 0.25) is 0 Å². The van der Waals surface area contributed by atoms with Gasteiger partial charge < -0.3 is 4.74 Å². The van der Waals surface area contributed by atoms with Crippen LogP contribution < -0.4 is 5.56 Å². The number of esters is 1. The summed E-state index contributed by atoms with van der Waals surface area (Å²) in [5.41, 5.74) is 0.0483. The van der Waals surface area contributed by atoms with E-state index in [9.17, 15) is 14.4 Å². The molecule has 0 aliphatic carbocycles. The maximum absolute atomic E-state index is 12.5. The molecule has 0 saturated heterocycles. The van der Waals surface area contributed by atoms with Gasteiger partial charge in [0.1, 0.15) is 11.4 Å². The molecule has 0 spiro atoms. The average Bonchev–Trinajstić information content (AvgIpc) is 2.74. The summed E-state index contributed by atoms with van der Waals surface area (Å²) in [5, 5.41) is 0.536. The van der Waals surface area contributed by atoms with Gasteiger partial charge in [-0.1, -0.05) is 20.8 Å². The summed E-state index contributed by atoms with van der Waals surface area (Å²) in [5.74, 6) is -0.800. The molecule has 0 N–H and O–H groups in total. The van der Waals surface area contributed by atoms with Gasteiger partial charge in [0.05, 0.1) is 11.7 Å². The highest BCUT2D eigenvalue weighted by Gasteiger charge is 2.22. The number of ketones is 1. The molecule has 2 rings (SSSR count). The third-order valence-corrected chi connectivity index (χ3v) is 4.77. The highest BCUT2D eigenvalue weighted by Crippen LogP contribution is 2.25. The number of hydrogen-bond donors (Lipinski definition) is 0. The molecular formula is C16H20N2O4S. The van der Waals surface area contributed by atoms with Crippen LogP contribution in [-0.2, 0) is 20.9 Å². The predicted molar refractivity (Wildman–Crippen MR) is 88.8 cm³/mol. The van der Waals surface area contributed by atoms with E-state index in [4.69, 9.17) is 4.74 Å². The Morgan fingerprint density at radius 2 is 1.96 bits per heavy atom. The zero-order valence-corrected chi connectivity index (χ0v) is 14.7. The van der Waals surface area contributed by atoms with Crippen molar-refractivity contribution in [2.45, 2.75) is 41.2 Å². The number of hydrogen-bond acceptors (Lipinski definition) is 6. The van der Waals surface area contributed by atoms with Crippen molar-refractivity contribution in [3.8, 4) is 0 Å². The van der Waals surface area contributed by atoms with Crippen molar-refractivity contribution in [2.75, 3.05) is 6.61 Å². The first-order chi connectivity index (χ1) is 10.6. The predicted octanol–water partition coefficient (Wildman–Crippen LogP) is 2.23. The van der Waals surface area contributed by atoms with Crippen LogP contribution in [0.5, 0.6) is 0 Å². The van der Waals surface area contributed by atoms with Gasteiger partial charge in [-0.3, -0.25) is 19.0 Å². The van der Waals surface area contributed by atoms with Crippen molar-refractivity contribution in [3.05, 3.63) is 27.1 Å². The molecule has 0 radical (unpaired) electrons. The number of thiophene rings is 1. The standard InChI is InChI=1S/C16H20N2O4S/c1-9-10(2)23-14-13(9)15(21)18(8-17-14)6-12(20)22-7-11(19)16(3,4)5/h8H,6-7H2,1-5H3. The van der Waals surface area contributed by atoms with Gasteiger partial charge in [-0.2, -0.15) is 0 Å². The first-order valence-electron chi connectivity index (χ1n) is 7.25. The van der Waals surface area contributed by atoms with Crippen LogP contribution in [0.3, 0.4) is 0 Å². The van der Waals surface area contributed by atoms with Gasteiger partial charge in [0.2, 0.25) is 0 Å². The Labute approximate surface area is 138 Å². The largest absolute Gasteiger partial charge is 0.456 e. The Balaban J connectivity index is 2.15. The normalized spacial score (nSPS) is 11.7. The molecule has 7 heteroatoms. The summed E-state index contributed by atoms with van der Waals surface area (Å²) in [4.78, 5) is 42.0. The van der Waals surface area contributed by atoms with Crippen molar-refractivity contribution in [3.63, 3.8) is 0 Å². The topological polar surface area (TPSA) is 78.3 Å². The van der Waals surface area contributed by atoms with Crippen LogP contribution in [0, 0.1) is 19.3 Å². The molecular weight excluding hydrogens is 316 g/mol. The van der Waals surface area contributed by atoms with Gasteiger partial charge in [-0.25, -0.2) is 4.98 Å². The lowest BCUT2D eigenvalue weighted by Crippen LogP contribution is -2.29. The molecule has 0 bridgehead atoms. The summed E-state index contributed by atoms with van der Waals surface area (Å²) in [6.45, 7) is 8.52. The summed E-state index contributed by atoms with van der Waals surface area (Å²) >= 11 is 1.45. The second kappa shape index (κ2) is 6.23. The Hall–Kier alpha value is -2.02. The SMILES string of the molecule is Cc1sc2ncn(CC(=O)OCC(=O)C(C)(C)C)c(=O)c2c1C. The van der Waals surface area contributed by atoms with Crippen LogP contribution in [0.1, 0.15) is 31.2 Å². The highest BCUT2D eigenvalue weighted by atomic mass is 32.1. The maximum Gasteiger partial charge on any atom is 0.326 e. The second-order valence-electron chi connectivity index (χ2n) is 6.47. The van der Waals surface area contributed by atoms with Crippen LogP contribution in [0.25, 0.3) is 10.2 Å². The lowest BCUT2D eigenvalue weighted by molar-refractivity contribution is -0.150. The number of aromatic nitrogens is 2. The molecule has 0 saturated carbocycles. The summed E-state index contributed by atoms with van der Waals surface area (Å²) in [7, 11) is 0. The van der Waals surface area contributed by atoms with Gasteiger partial charge in [-0.15, -0.1) is 11.3 Å². The Kier molecular flexibility index (Phi) is 4.70. The zero-order chi connectivity index (χ0) is 17.4. The Bertz CT molecular complexity index is 827. The molecule has 0 aliphatic heterocycles. The molecule has 2 heterocycles. The van der Waals surface area contributed by atoms with Crippen LogP contribution in [0.15, 0.2) is 11.1 Å². The number of carbonyl (C=O) groups is 2. The average molecular weight is 336 g/mol. The van der Waals surface area contributed by atoms with Crippen molar-refractivity contribution in [1.29, 1.82) is 0 Å². The van der Waals surface area contributed by atoms with Crippen molar-refractivity contribution in [2.24, 2.45) is 5.41 Å². The third kappa shape index (κ3) is 3.67. The minimum absolute atomic E-state index is 0.170. The molecule has 2 aromatic heterocycles. The molecule has 6 nitrogen and oxygen atoms in total. The zero-order valence-electron chi connectivity index (χ0n) is 13.9. The third-order valence-electron chi connectivity index (χ3n) is 3.66. The number of ether oxygens (including phenoxy) is 1. The molecule has 0 amide bonds. The van der Waals surface area contributed by atoms with E-state index in [0.29, 0.717) is 10.2 Å². The van der Waals surface area contributed by atoms with E-state index in [-0.39, 0.29) is 24.5 Å². The Morgan fingerprint density at radius 1 is 1.30 bits per heavy atom. The first-order valence-corrected chi connectivity index (χ1v) is 8.07. The number of carbonyl (C=O) groups excluding carboxylic acids is 2. The monoisotopic (exact) mass is 336 g/mol. The maximum atomic E-state index is 12.5. The van der Waals surface area contributed by atoms with Crippen molar-refractivity contribution >= 4 is 33.3 Å². The second-order valence-corrected chi connectivity index (χ2v) is 7.68. The number of fused-ring (bicyclic) bond motifs is 1. The van der Waals surface area contributed by atoms with Gasteiger partial charge in [0.25, 0.3) is 5.56 Å². The highest BCUT2D eigenvalue weighted by molar-refractivity contribution is 7.18. The van der Waals surface area contributed by atoms with E-state index in [0.717, 1.165) is 10.4 Å². The molecule has 0 unspecified atom stereocenters. The van der Waals surface area contributed by atoms with E-state index in [1.165, 1.54) is 22.2 Å². The molecule has 0 aliphatic rings. The van der Waals surface area contributed by atoms with Crippen LogP contribution in [-0.4, -0.2) is 27.9 Å². The molecule has 0 atom stereocenters. The van der Waals surface area contributed by atoms with E-state index in [1.54, 1.807) is 20.8 Å². The fourth-order valence-electron chi connectivity index (χ4n) is 1.93. The van der Waals surface area contributed by atoms with Crippen LogP contribution in [0.4, 0.5) is 0 Å². The van der Waals surface area contributed by atoms with Gasteiger partial charge in [0.15, 0.2) is 12.4 Å². The number of nitrogens with zero attached hydrogens (tertiary/aromatic N) is 2. The lowest BCUT2D eigenvalue weighted by atomic mass is 9.91. The Morgan fingerprint density at radius 3 is 2.57 bits per heavy atom. The first kappa shape index (κ1) is 17.3. The minimum atomic E-state index is -0.629. The molecule has 0 aromatic carbocycles. The molecule has 124 valence electrons. The smallest absolute Gasteiger partial charge is 0.326 e. The van der Waals surface area contributed by atoms with Gasteiger partial charge in [0, 0.05) is 10.3 Å². The van der Waals surface area contributed by atoms with E-state index in [1.807, 2.05) is 13.8 Å². The fourth-order valence-corrected chi connectivity index (χ4v) is 2.92. The quantitative estimate of drug-likeness (QED) is 0.800. The van der Waals surface area contributed by atoms with Gasteiger partial charge in [-0.05, 0) is 19.4 Å². The lowest BCUT2D eigenvalue weighted by Gasteiger charge is -2.16. The number of aryl methyl sites for hydroxylation is 2. The number of Topliss-reactive ketones (excluding diaryl/α,β-unsaturated/α-hetero) is 1. The van der Waals surface area contributed by atoms with E-state index in [2.05, 4.69) is 4.98 Å². The molecule has 0 fully saturated rings. The minimum Gasteiger partial charge on any atom is -0.456 e. The van der Waals surface area contributed by atoms with Crippen molar-refractivity contribution in [1.82, 2.24) is 9.55 Å². The van der Waals surface area contributed by atoms with Gasteiger partial charge >= 0.3 is 5.97 Å². The summed E-state index contributed by atoms with van der Waals surface area (Å²) in [6.07, 6.45) is 1.34. The molecule has 2 aromatic rings.